The lowest BCUT2D eigenvalue weighted by Crippen LogP contribution is -2.46. The fourth-order valence-corrected chi connectivity index (χ4v) is 6.52. The van der Waals surface area contributed by atoms with E-state index in [-0.39, 0.29) is 19.2 Å². The predicted octanol–water partition coefficient (Wildman–Crippen LogP) is 4.56. The maximum absolute atomic E-state index is 14.3. The van der Waals surface area contributed by atoms with Gasteiger partial charge in [-0.2, -0.15) is 4.31 Å². The average Bonchev–Trinajstić information content (AvgIpc) is 3.40. The lowest BCUT2D eigenvalue weighted by Gasteiger charge is -2.33. The van der Waals surface area contributed by atoms with Crippen molar-refractivity contribution in [3.63, 3.8) is 0 Å². The Morgan fingerprint density at radius 3 is 1.94 bits per heavy atom. The van der Waals surface area contributed by atoms with E-state index in [0.29, 0.717) is 19.4 Å². The summed E-state index contributed by atoms with van der Waals surface area (Å²) in [5.41, 5.74) is 1.74. The van der Waals surface area contributed by atoms with E-state index in [1.165, 1.54) is 0 Å². The molecule has 0 amide bonds. The molecule has 7 nitrogen and oxygen atoms in total. The van der Waals surface area contributed by atoms with E-state index in [2.05, 4.69) is 6.58 Å². The van der Waals surface area contributed by atoms with Gasteiger partial charge in [-0.25, -0.2) is 8.42 Å². The largest absolute Gasteiger partial charge is 0.497 e. The third-order valence-corrected chi connectivity index (χ3v) is 8.65. The van der Waals surface area contributed by atoms with E-state index >= 15 is 0 Å². The summed E-state index contributed by atoms with van der Waals surface area (Å²) >= 11 is 0. The minimum absolute atomic E-state index is 0.0962. The Labute approximate surface area is 209 Å². The van der Waals surface area contributed by atoms with Gasteiger partial charge in [0.1, 0.15) is 16.7 Å². The number of rotatable bonds is 14. The van der Waals surface area contributed by atoms with Gasteiger partial charge in [0.05, 0.1) is 26.4 Å². The van der Waals surface area contributed by atoms with Crippen molar-refractivity contribution in [2.24, 2.45) is 0 Å². The van der Waals surface area contributed by atoms with Gasteiger partial charge in [0.2, 0.25) is 10.0 Å². The van der Waals surface area contributed by atoms with Crippen LogP contribution in [0, 0.1) is 0 Å². The van der Waals surface area contributed by atoms with Gasteiger partial charge in [0.25, 0.3) is 0 Å². The average molecular weight is 504 g/mol. The first-order valence-corrected chi connectivity index (χ1v) is 13.4. The third-order valence-electron chi connectivity index (χ3n) is 6.41. The first kappa shape index (κ1) is 27.2. The molecule has 0 unspecified atom stereocenters. The molecule has 1 saturated heterocycles. The quantitative estimate of drug-likeness (QED) is 0.352. The van der Waals surface area contributed by atoms with Crippen LogP contribution in [0.25, 0.3) is 0 Å². The number of methoxy groups -OCH3 is 3. The van der Waals surface area contributed by atoms with Crippen molar-refractivity contribution in [3.8, 4) is 11.5 Å². The second kappa shape index (κ2) is 13.1. The Morgan fingerprint density at radius 2 is 1.54 bits per heavy atom. The van der Waals surface area contributed by atoms with Crippen LogP contribution in [0.3, 0.4) is 0 Å². The van der Waals surface area contributed by atoms with Crippen molar-refractivity contribution < 1.29 is 27.4 Å². The van der Waals surface area contributed by atoms with Gasteiger partial charge in [-0.15, -0.1) is 6.58 Å². The summed E-state index contributed by atoms with van der Waals surface area (Å²) in [5.74, 6) is 1.44. The van der Waals surface area contributed by atoms with Gasteiger partial charge < -0.3 is 18.9 Å². The highest BCUT2D eigenvalue weighted by atomic mass is 32.2. The molecule has 1 fully saturated rings. The number of benzene rings is 2. The van der Waals surface area contributed by atoms with Gasteiger partial charge in [-0.3, -0.25) is 0 Å². The molecule has 0 spiro atoms. The van der Waals surface area contributed by atoms with Gasteiger partial charge in [-0.05, 0) is 61.1 Å². The van der Waals surface area contributed by atoms with Crippen molar-refractivity contribution in [2.45, 2.75) is 56.2 Å². The molecule has 0 aliphatic carbocycles. The Morgan fingerprint density at radius 1 is 1.00 bits per heavy atom. The summed E-state index contributed by atoms with van der Waals surface area (Å²) in [5, 5.41) is -0.759. The van der Waals surface area contributed by atoms with Gasteiger partial charge >= 0.3 is 0 Å². The molecular weight excluding hydrogens is 466 g/mol. The highest BCUT2D eigenvalue weighted by Gasteiger charge is 2.40. The molecule has 8 heteroatoms. The Balaban J connectivity index is 1.96. The number of nitrogens with zero attached hydrogens (tertiary/aromatic N) is 1. The smallest absolute Gasteiger partial charge is 0.220 e. The molecule has 3 rings (SSSR count). The van der Waals surface area contributed by atoms with Crippen LogP contribution in [0.2, 0.25) is 0 Å². The topological polar surface area (TPSA) is 74.3 Å². The van der Waals surface area contributed by atoms with Crippen molar-refractivity contribution >= 4 is 10.0 Å². The highest BCUT2D eigenvalue weighted by Crippen LogP contribution is 2.29. The van der Waals surface area contributed by atoms with Crippen molar-refractivity contribution in [2.75, 3.05) is 27.9 Å². The molecule has 0 N–H and O–H groups in total. The molecule has 192 valence electrons. The molecule has 0 bridgehead atoms. The van der Waals surface area contributed by atoms with E-state index in [4.69, 9.17) is 18.9 Å². The Bertz CT molecular complexity index is 967. The molecule has 35 heavy (non-hydrogen) atoms. The number of hydrogen-bond donors (Lipinski definition) is 0. The first-order chi connectivity index (χ1) is 16.9. The van der Waals surface area contributed by atoms with E-state index in [1.807, 2.05) is 48.5 Å². The third kappa shape index (κ3) is 7.30. The fraction of sp³-hybridized carbons (Fsp3) is 0.481. The normalized spacial score (nSPS) is 17.8. The van der Waals surface area contributed by atoms with Crippen molar-refractivity contribution in [3.05, 3.63) is 72.3 Å². The molecule has 3 atom stereocenters. The second-order valence-corrected chi connectivity index (χ2v) is 10.9. The van der Waals surface area contributed by atoms with Gasteiger partial charge in [0, 0.05) is 26.8 Å². The summed E-state index contributed by atoms with van der Waals surface area (Å²) in [7, 11) is 0.979. The summed E-state index contributed by atoms with van der Waals surface area (Å²) in [6, 6.07) is 14.9. The lowest BCUT2D eigenvalue weighted by atomic mass is 10.0. The minimum Gasteiger partial charge on any atom is -0.497 e. The Kier molecular flexibility index (Phi) is 10.2. The number of sulfonamides is 1. The molecule has 0 saturated carbocycles. The summed E-state index contributed by atoms with van der Waals surface area (Å²) in [6.07, 6.45) is 3.72. The predicted molar refractivity (Wildman–Crippen MR) is 137 cm³/mol. The number of ether oxygens (including phenoxy) is 4. The van der Waals surface area contributed by atoms with Crippen LogP contribution in [0.4, 0.5) is 0 Å². The summed E-state index contributed by atoms with van der Waals surface area (Å²) in [4.78, 5) is 0. The van der Waals surface area contributed by atoms with Gasteiger partial charge in [-0.1, -0.05) is 30.3 Å². The molecule has 1 heterocycles. The van der Waals surface area contributed by atoms with Crippen LogP contribution in [-0.4, -0.2) is 58.1 Å². The van der Waals surface area contributed by atoms with Crippen molar-refractivity contribution in [1.82, 2.24) is 4.31 Å². The van der Waals surface area contributed by atoms with E-state index in [0.717, 1.165) is 35.5 Å². The van der Waals surface area contributed by atoms with E-state index in [1.54, 1.807) is 31.7 Å². The van der Waals surface area contributed by atoms with Crippen LogP contribution < -0.4 is 9.47 Å². The molecule has 0 aromatic heterocycles. The van der Waals surface area contributed by atoms with E-state index < -0.39 is 21.4 Å². The molecule has 1 aliphatic rings. The van der Waals surface area contributed by atoms with Crippen LogP contribution in [0.5, 0.6) is 11.5 Å². The summed E-state index contributed by atoms with van der Waals surface area (Å²) in [6.45, 7) is 4.93. The maximum atomic E-state index is 14.3. The molecule has 2 aromatic rings. The molecule has 1 aliphatic heterocycles. The maximum Gasteiger partial charge on any atom is 0.220 e. The number of hydrogen-bond acceptors (Lipinski definition) is 6. The fourth-order valence-electron chi connectivity index (χ4n) is 4.42. The van der Waals surface area contributed by atoms with Crippen LogP contribution >= 0.6 is 0 Å². The standard InChI is InChI=1S/C27H37NO6S/c1-5-7-26(33-4)27(18-25-8-6-17-34-25)35(29,30)28(19-21-9-13-23(31-2)14-10-21)20-22-11-15-24(32-3)16-12-22/h5,9-16,25-27H,1,6-8,17-20H2,2-4H3/t25-,26+,27+/m1/s1. The first-order valence-electron chi connectivity index (χ1n) is 11.9. The highest BCUT2D eigenvalue weighted by molar-refractivity contribution is 7.89. The lowest BCUT2D eigenvalue weighted by molar-refractivity contribution is 0.0617. The van der Waals surface area contributed by atoms with Crippen LogP contribution in [0.1, 0.15) is 36.8 Å². The zero-order valence-corrected chi connectivity index (χ0v) is 21.7. The molecular formula is C27H37NO6S. The zero-order chi connectivity index (χ0) is 25.3. The van der Waals surface area contributed by atoms with Crippen LogP contribution in [0.15, 0.2) is 61.2 Å². The van der Waals surface area contributed by atoms with Gasteiger partial charge in [0.15, 0.2) is 0 Å². The zero-order valence-electron chi connectivity index (χ0n) is 20.9. The SMILES string of the molecule is C=CC[C@H](OC)[C@H](C[C@H]1CCCO1)S(=O)(=O)N(Cc1ccc(OC)cc1)Cc1ccc(OC)cc1. The minimum atomic E-state index is -3.79. The summed E-state index contributed by atoms with van der Waals surface area (Å²) < 4.78 is 52.1. The Hall–Kier alpha value is -2.39. The molecule has 0 radical (unpaired) electrons. The second-order valence-electron chi connectivity index (χ2n) is 8.72. The monoisotopic (exact) mass is 503 g/mol. The van der Waals surface area contributed by atoms with Crippen molar-refractivity contribution in [1.29, 1.82) is 0 Å². The molecule has 2 aromatic carbocycles. The van der Waals surface area contributed by atoms with E-state index in [9.17, 15) is 8.42 Å². The van der Waals surface area contributed by atoms with Crippen LogP contribution in [-0.2, 0) is 32.6 Å².